The number of benzene rings is 1. The number of anilines is 1. The van der Waals surface area contributed by atoms with Crippen LogP contribution in [-0.2, 0) is 5.75 Å². The van der Waals surface area contributed by atoms with Crippen LogP contribution in [0.5, 0.6) is 11.5 Å². The van der Waals surface area contributed by atoms with Gasteiger partial charge in [0, 0.05) is 17.5 Å². The van der Waals surface area contributed by atoms with Crippen LogP contribution in [-0.4, -0.2) is 19.0 Å². The van der Waals surface area contributed by atoms with Gasteiger partial charge in [0.2, 0.25) is 0 Å². The number of nitrogens with two attached hydrogens (primary N) is 1. The molecule has 0 unspecified atom stereocenters. The van der Waals surface area contributed by atoms with Crippen molar-refractivity contribution in [2.75, 3.05) is 24.7 Å². The van der Waals surface area contributed by atoms with Gasteiger partial charge in [-0.15, -0.1) is 0 Å². The summed E-state index contributed by atoms with van der Waals surface area (Å²) in [6.07, 6.45) is 1.25. The molecule has 0 spiro atoms. The molecule has 0 radical (unpaired) electrons. The maximum atomic E-state index is 6.04. The van der Waals surface area contributed by atoms with Gasteiger partial charge in [-0.25, -0.2) is 0 Å². The molecule has 0 aromatic heterocycles. The molecule has 0 saturated carbocycles. The van der Waals surface area contributed by atoms with Gasteiger partial charge in [0.1, 0.15) is 13.2 Å². The molecule has 2 N–H and O–H groups in total. The van der Waals surface area contributed by atoms with Gasteiger partial charge >= 0.3 is 0 Å². The Balaban J connectivity index is 1.95. The molecule has 1 aromatic rings. The number of nitrogen functional groups attached to an aromatic ring is 1. The Hall–Kier alpha value is -1.03. The van der Waals surface area contributed by atoms with E-state index in [9.17, 15) is 0 Å². The SMILES string of the molecule is CC(C)CCSCc1cc2c(cc1N)OCCO2. The summed E-state index contributed by atoms with van der Waals surface area (Å²) < 4.78 is 11.1. The summed E-state index contributed by atoms with van der Waals surface area (Å²) in [5.41, 5.74) is 7.99. The second-order valence-corrected chi connectivity index (χ2v) is 6.03. The monoisotopic (exact) mass is 267 g/mol. The van der Waals surface area contributed by atoms with Gasteiger partial charge in [-0.3, -0.25) is 0 Å². The van der Waals surface area contributed by atoms with E-state index in [2.05, 4.69) is 13.8 Å². The van der Waals surface area contributed by atoms with E-state index in [1.54, 1.807) is 0 Å². The molecule has 100 valence electrons. The minimum atomic E-state index is 0.606. The van der Waals surface area contributed by atoms with Gasteiger partial charge in [0.05, 0.1) is 0 Å². The van der Waals surface area contributed by atoms with E-state index in [4.69, 9.17) is 15.2 Å². The van der Waals surface area contributed by atoms with Crippen molar-refractivity contribution in [1.82, 2.24) is 0 Å². The van der Waals surface area contributed by atoms with E-state index in [0.717, 1.165) is 34.4 Å². The van der Waals surface area contributed by atoms with Crippen LogP contribution in [0.3, 0.4) is 0 Å². The molecule has 1 aromatic carbocycles. The molecule has 0 amide bonds. The lowest BCUT2D eigenvalue weighted by Crippen LogP contribution is -2.15. The summed E-state index contributed by atoms with van der Waals surface area (Å²) in [6.45, 7) is 5.73. The topological polar surface area (TPSA) is 44.5 Å². The fourth-order valence-electron chi connectivity index (χ4n) is 1.77. The molecule has 0 saturated heterocycles. The lowest BCUT2D eigenvalue weighted by Gasteiger charge is -2.20. The molecule has 18 heavy (non-hydrogen) atoms. The Kier molecular flexibility index (Phi) is 4.64. The van der Waals surface area contributed by atoms with Gasteiger partial charge in [-0.2, -0.15) is 11.8 Å². The fourth-order valence-corrected chi connectivity index (χ4v) is 3.03. The molecule has 0 atom stereocenters. The summed E-state index contributed by atoms with van der Waals surface area (Å²) in [5, 5.41) is 0. The van der Waals surface area contributed by atoms with Gasteiger partial charge in [-0.05, 0) is 29.7 Å². The van der Waals surface area contributed by atoms with E-state index in [1.165, 1.54) is 12.2 Å². The molecule has 3 nitrogen and oxygen atoms in total. The lowest BCUT2D eigenvalue weighted by atomic mass is 10.1. The quantitative estimate of drug-likeness (QED) is 0.656. The van der Waals surface area contributed by atoms with Crippen molar-refractivity contribution in [2.45, 2.75) is 26.0 Å². The molecular formula is C14H21NO2S. The number of ether oxygens (including phenoxy) is 2. The van der Waals surface area contributed by atoms with Crippen molar-refractivity contribution in [3.63, 3.8) is 0 Å². The average molecular weight is 267 g/mol. The van der Waals surface area contributed by atoms with Crippen molar-refractivity contribution >= 4 is 17.4 Å². The lowest BCUT2D eigenvalue weighted by molar-refractivity contribution is 0.171. The molecule has 0 aliphatic carbocycles. The Morgan fingerprint density at radius 1 is 1.22 bits per heavy atom. The van der Waals surface area contributed by atoms with Crippen LogP contribution in [0.2, 0.25) is 0 Å². The van der Waals surface area contributed by atoms with Crippen molar-refractivity contribution in [3.8, 4) is 11.5 Å². The highest BCUT2D eigenvalue weighted by atomic mass is 32.2. The second kappa shape index (κ2) is 6.23. The minimum absolute atomic E-state index is 0.606. The standard InChI is InChI=1S/C14H21NO2S/c1-10(2)3-6-18-9-11-7-13-14(8-12(11)15)17-5-4-16-13/h7-8,10H,3-6,9,15H2,1-2H3. The first-order valence-electron chi connectivity index (χ1n) is 6.42. The number of hydrogen-bond donors (Lipinski definition) is 1. The first-order chi connectivity index (χ1) is 8.66. The van der Waals surface area contributed by atoms with Gasteiger partial charge in [0.15, 0.2) is 11.5 Å². The van der Waals surface area contributed by atoms with Crippen LogP contribution < -0.4 is 15.2 Å². The van der Waals surface area contributed by atoms with Crippen molar-refractivity contribution in [3.05, 3.63) is 17.7 Å². The zero-order valence-corrected chi connectivity index (χ0v) is 11.9. The van der Waals surface area contributed by atoms with Crippen LogP contribution >= 0.6 is 11.8 Å². The molecule has 1 aliphatic rings. The molecular weight excluding hydrogens is 246 g/mol. The second-order valence-electron chi connectivity index (χ2n) is 4.93. The van der Waals surface area contributed by atoms with Crippen LogP contribution in [0.25, 0.3) is 0 Å². The molecule has 1 aliphatic heterocycles. The summed E-state index contributed by atoms with van der Waals surface area (Å²) in [4.78, 5) is 0. The smallest absolute Gasteiger partial charge is 0.163 e. The first-order valence-corrected chi connectivity index (χ1v) is 7.58. The van der Waals surface area contributed by atoms with Crippen molar-refractivity contribution in [1.29, 1.82) is 0 Å². The Bertz CT molecular complexity index is 407. The van der Waals surface area contributed by atoms with Gasteiger partial charge < -0.3 is 15.2 Å². The van der Waals surface area contributed by atoms with Crippen LogP contribution in [0.1, 0.15) is 25.8 Å². The Morgan fingerprint density at radius 2 is 1.89 bits per heavy atom. The summed E-state index contributed by atoms with van der Waals surface area (Å²) in [6, 6.07) is 3.90. The number of thioether (sulfide) groups is 1. The minimum Gasteiger partial charge on any atom is -0.486 e. The number of hydrogen-bond acceptors (Lipinski definition) is 4. The zero-order valence-electron chi connectivity index (χ0n) is 11.1. The summed E-state index contributed by atoms with van der Waals surface area (Å²) in [5.74, 6) is 4.47. The third-order valence-corrected chi connectivity index (χ3v) is 3.94. The van der Waals surface area contributed by atoms with Crippen LogP contribution in [0, 0.1) is 5.92 Å². The van der Waals surface area contributed by atoms with E-state index < -0.39 is 0 Å². The largest absolute Gasteiger partial charge is 0.486 e. The Labute approximate surface area is 113 Å². The Morgan fingerprint density at radius 3 is 2.56 bits per heavy atom. The molecule has 2 rings (SSSR count). The number of rotatable bonds is 5. The molecule has 0 fully saturated rings. The van der Waals surface area contributed by atoms with E-state index in [1.807, 2.05) is 23.9 Å². The predicted molar refractivity (Wildman–Crippen MR) is 77.5 cm³/mol. The highest BCUT2D eigenvalue weighted by Gasteiger charge is 2.14. The summed E-state index contributed by atoms with van der Waals surface area (Å²) in [7, 11) is 0. The first kappa shape index (κ1) is 13.4. The van der Waals surface area contributed by atoms with Crippen LogP contribution in [0.4, 0.5) is 5.69 Å². The van der Waals surface area contributed by atoms with Crippen molar-refractivity contribution in [2.24, 2.45) is 5.92 Å². The van der Waals surface area contributed by atoms with Gasteiger partial charge in [-0.1, -0.05) is 13.8 Å². The van der Waals surface area contributed by atoms with Crippen LogP contribution in [0.15, 0.2) is 12.1 Å². The normalized spacial score (nSPS) is 13.9. The third-order valence-electron chi connectivity index (χ3n) is 2.90. The average Bonchev–Trinajstić information content (AvgIpc) is 2.34. The van der Waals surface area contributed by atoms with E-state index >= 15 is 0 Å². The third kappa shape index (κ3) is 3.48. The fraction of sp³-hybridized carbons (Fsp3) is 0.571. The summed E-state index contributed by atoms with van der Waals surface area (Å²) >= 11 is 1.92. The molecule has 1 heterocycles. The molecule has 0 bridgehead atoms. The molecule has 4 heteroatoms. The highest BCUT2D eigenvalue weighted by molar-refractivity contribution is 7.98. The number of fused-ring (bicyclic) bond motifs is 1. The van der Waals surface area contributed by atoms with Gasteiger partial charge in [0.25, 0.3) is 0 Å². The maximum Gasteiger partial charge on any atom is 0.163 e. The van der Waals surface area contributed by atoms with E-state index in [0.29, 0.717) is 13.2 Å². The maximum absolute atomic E-state index is 6.04. The predicted octanol–water partition coefficient (Wildman–Crippen LogP) is 3.32. The van der Waals surface area contributed by atoms with Crippen molar-refractivity contribution < 1.29 is 9.47 Å². The van der Waals surface area contributed by atoms with E-state index in [-0.39, 0.29) is 0 Å². The zero-order chi connectivity index (χ0) is 13.0. The highest BCUT2D eigenvalue weighted by Crippen LogP contribution is 2.35.